The molecule has 1 N–H and O–H groups in total. The highest BCUT2D eigenvalue weighted by atomic mass is 19.4. The molecule has 0 spiro atoms. The van der Waals surface area contributed by atoms with Crippen LogP contribution in [0.2, 0.25) is 0 Å². The molecule has 2 aromatic heterocycles. The molecule has 0 unspecified atom stereocenters. The van der Waals surface area contributed by atoms with Crippen molar-refractivity contribution in [2.75, 3.05) is 0 Å². The molecule has 0 radical (unpaired) electrons. The van der Waals surface area contributed by atoms with E-state index in [1.165, 1.54) is 24.6 Å². The van der Waals surface area contributed by atoms with Crippen LogP contribution in [0.3, 0.4) is 0 Å². The van der Waals surface area contributed by atoms with Crippen molar-refractivity contribution in [2.24, 2.45) is 7.05 Å². The summed E-state index contributed by atoms with van der Waals surface area (Å²) in [5.41, 5.74) is 0.824. The Kier molecular flexibility index (Phi) is 4.06. The third-order valence-corrected chi connectivity index (χ3v) is 4.16. The van der Waals surface area contributed by atoms with Crippen LogP contribution in [0.15, 0.2) is 30.5 Å². The molecule has 5 nitrogen and oxygen atoms in total. The minimum absolute atomic E-state index is 0.0518. The van der Waals surface area contributed by atoms with Gasteiger partial charge in [0.25, 0.3) is 0 Å². The summed E-state index contributed by atoms with van der Waals surface area (Å²) in [5.74, 6) is -1.04. The van der Waals surface area contributed by atoms with E-state index >= 15 is 0 Å². The lowest BCUT2D eigenvalue weighted by atomic mass is 10.1. The number of esters is 1. The number of fused-ring (bicyclic) bond motifs is 1. The van der Waals surface area contributed by atoms with Gasteiger partial charge in [-0.15, -0.1) is 0 Å². The second-order valence-corrected chi connectivity index (χ2v) is 5.78. The van der Waals surface area contributed by atoms with Crippen LogP contribution in [0, 0.1) is 13.8 Å². The molecule has 8 heteroatoms. The molecular formula is C17H16F3N3O2. The van der Waals surface area contributed by atoms with E-state index in [-0.39, 0.29) is 16.8 Å². The van der Waals surface area contributed by atoms with Crippen LogP contribution in [-0.4, -0.2) is 26.9 Å². The Hall–Kier alpha value is -2.77. The number of aromatic amines is 1. The summed E-state index contributed by atoms with van der Waals surface area (Å²) in [5, 5.41) is 4.70. The van der Waals surface area contributed by atoms with Gasteiger partial charge in [0.2, 0.25) is 6.10 Å². The van der Waals surface area contributed by atoms with Crippen LogP contribution in [-0.2, 0) is 11.8 Å². The molecule has 2 heterocycles. The zero-order chi connectivity index (χ0) is 18.4. The molecule has 3 rings (SSSR count). The Balaban J connectivity index is 2.02. The molecule has 0 aliphatic heterocycles. The van der Waals surface area contributed by atoms with Crippen LogP contribution in [0.4, 0.5) is 13.2 Å². The molecule has 0 aliphatic rings. The first-order valence-electron chi connectivity index (χ1n) is 7.54. The number of alkyl halides is 3. The molecule has 1 atom stereocenters. The SMILES string of the molecule is Cc1nn(C)c(C)c1[C@H](OC(=O)c1cccc2cc[nH]c12)C(F)(F)F. The number of carbonyl (C=O) groups excluding carboxylic acids is 1. The highest BCUT2D eigenvalue weighted by molar-refractivity contribution is 6.03. The number of aromatic nitrogens is 3. The summed E-state index contributed by atoms with van der Waals surface area (Å²) in [7, 11) is 1.54. The minimum atomic E-state index is -4.75. The fraction of sp³-hybridized carbons (Fsp3) is 0.294. The van der Waals surface area contributed by atoms with Crippen molar-refractivity contribution in [2.45, 2.75) is 26.1 Å². The Labute approximate surface area is 141 Å². The summed E-state index contributed by atoms with van der Waals surface area (Å²) in [6, 6.07) is 6.50. The Morgan fingerprint density at radius 2 is 2.00 bits per heavy atom. The molecule has 25 heavy (non-hydrogen) atoms. The topological polar surface area (TPSA) is 59.9 Å². The summed E-state index contributed by atoms with van der Waals surface area (Å²) in [6.45, 7) is 2.97. The molecule has 0 amide bonds. The fourth-order valence-electron chi connectivity index (χ4n) is 2.88. The van der Waals surface area contributed by atoms with Gasteiger partial charge in [0, 0.05) is 29.9 Å². The van der Waals surface area contributed by atoms with Gasteiger partial charge < -0.3 is 9.72 Å². The predicted octanol–water partition coefficient (Wildman–Crippen LogP) is 3.98. The fourth-order valence-corrected chi connectivity index (χ4v) is 2.88. The van der Waals surface area contributed by atoms with E-state index in [0.29, 0.717) is 16.6 Å². The lowest BCUT2D eigenvalue weighted by Crippen LogP contribution is -2.27. The van der Waals surface area contributed by atoms with Gasteiger partial charge in [0.05, 0.1) is 16.8 Å². The first kappa shape index (κ1) is 17.1. The second kappa shape index (κ2) is 5.94. The van der Waals surface area contributed by atoms with Gasteiger partial charge in [0.15, 0.2) is 0 Å². The van der Waals surface area contributed by atoms with Crippen molar-refractivity contribution in [1.82, 2.24) is 14.8 Å². The van der Waals surface area contributed by atoms with E-state index in [4.69, 9.17) is 4.74 Å². The van der Waals surface area contributed by atoms with Gasteiger partial charge in [-0.1, -0.05) is 12.1 Å². The zero-order valence-corrected chi connectivity index (χ0v) is 13.8. The molecular weight excluding hydrogens is 335 g/mol. The summed E-state index contributed by atoms with van der Waals surface area (Å²) >= 11 is 0. The maximum Gasteiger partial charge on any atom is 0.430 e. The van der Waals surface area contributed by atoms with E-state index in [9.17, 15) is 18.0 Å². The average Bonchev–Trinajstić information content (AvgIpc) is 3.09. The Morgan fingerprint density at radius 3 is 2.60 bits per heavy atom. The van der Waals surface area contributed by atoms with Crippen LogP contribution in [0.1, 0.15) is 33.4 Å². The number of carbonyl (C=O) groups is 1. The molecule has 0 fully saturated rings. The predicted molar refractivity (Wildman–Crippen MR) is 85.2 cm³/mol. The molecule has 1 aromatic carbocycles. The van der Waals surface area contributed by atoms with Gasteiger partial charge in [-0.25, -0.2) is 4.79 Å². The molecule has 0 bridgehead atoms. The quantitative estimate of drug-likeness (QED) is 0.726. The van der Waals surface area contributed by atoms with Crippen molar-refractivity contribution in [1.29, 1.82) is 0 Å². The lowest BCUT2D eigenvalue weighted by Gasteiger charge is -2.21. The van der Waals surface area contributed by atoms with Crippen LogP contribution in [0.25, 0.3) is 10.9 Å². The number of para-hydroxylation sites is 1. The number of ether oxygens (including phenoxy) is 1. The highest BCUT2D eigenvalue weighted by Gasteiger charge is 2.47. The smallest absolute Gasteiger partial charge is 0.430 e. The third kappa shape index (κ3) is 2.99. The number of halogens is 3. The summed E-state index contributed by atoms with van der Waals surface area (Å²) < 4.78 is 47.0. The number of aryl methyl sites for hydroxylation is 2. The number of H-pyrrole nitrogens is 1. The number of benzene rings is 1. The van der Waals surface area contributed by atoms with E-state index in [1.807, 2.05) is 0 Å². The lowest BCUT2D eigenvalue weighted by molar-refractivity contribution is -0.207. The van der Waals surface area contributed by atoms with Crippen molar-refractivity contribution >= 4 is 16.9 Å². The third-order valence-electron chi connectivity index (χ3n) is 4.16. The number of hydrogen-bond donors (Lipinski definition) is 1. The minimum Gasteiger partial charge on any atom is -0.444 e. The largest absolute Gasteiger partial charge is 0.444 e. The van der Waals surface area contributed by atoms with Crippen LogP contribution in [0.5, 0.6) is 0 Å². The van der Waals surface area contributed by atoms with E-state index in [1.54, 1.807) is 31.4 Å². The number of nitrogens with zero attached hydrogens (tertiary/aromatic N) is 2. The average molecular weight is 351 g/mol. The second-order valence-electron chi connectivity index (χ2n) is 5.78. The number of hydrogen-bond acceptors (Lipinski definition) is 3. The Morgan fingerprint density at radius 1 is 1.28 bits per heavy atom. The maximum absolute atomic E-state index is 13.6. The normalized spacial score (nSPS) is 13.2. The molecule has 0 saturated carbocycles. The van der Waals surface area contributed by atoms with Crippen molar-refractivity contribution in [3.8, 4) is 0 Å². The maximum atomic E-state index is 13.6. The van der Waals surface area contributed by atoms with Gasteiger partial charge >= 0.3 is 12.1 Å². The molecule has 0 aliphatic carbocycles. The monoisotopic (exact) mass is 351 g/mol. The van der Waals surface area contributed by atoms with Gasteiger partial charge in [0.1, 0.15) is 0 Å². The Bertz CT molecular complexity index is 940. The van der Waals surface area contributed by atoms with Gasteiger partial charge in [-0.05, 0) is 26.0 Å². The molecule has 132 valence electrons. The summed E-state index contributed by atoms with van der Waals surface area (Å²) in [4.78, 5) is 15.3. The van der Waals surface area contributed by atoms with E-state index in [2.05, 4.69) is 10.1 Å². The molecule has 3 aromatic rings. The standard InChI is InChI=1S/C17H16F3N3O2/c1-9-13(10(2)23(3)22-9)15(17(18,19)20)25-16(24)12-6-4-5-11-7-8-21-14(11)12/h4-8,15,21H,1-3H3/t15-/m0/s1. The zero-order valence-electron chi connectivity index (χ0n) is 13.8. The van der Waals surface area contributed by atoms with Crippen molar-refractivity contribution < 1.29 is 22.7 Å². The van der Waals surface area contributed by atoms with Gasteiger partial charge in [-0.2, -0.15) is 18.3 Å². The molecule has 0 saturated heterocycles. The summed E-state index contributed by atoms with van der Waals surface area (Å²) in [6.07, 6.45) is -5.52. The van der Waals surface area contributed by atoms with E-state index < -0.39 is 18.2 Å². The highest BCUT2D eigenvalue weighted by Crippen LogP contribution is 2.39. The first-order valence-corrected chi connectivity index (χ1v) is 7.54. The van der Waals surface area contributed by atoms with E-state index in [0.717, 1.165) is 0 Å². The van der Waals surface area contributed by atoms with Crippen molar-refractivity contribution in [3.63, 3.8) is 0 Å². The van der Waals surface area contributed by atoms with Crippen molar-refractivity contribution in [3.05, 3.63) is 53.0 Å². The first-order chi connectivity index (χ1) is 11.7. The number of rotatable bonds is 3. The number of nitrogens with one attached hydrogen (secondary N) is 1. The van der Waals surface area contributed by atoms with Gasteiger partial charge in [-0.3, -0.25) is 4.68 Å². The van der Waals surface area contributed by atoms with Crippen LogP contribution >= 0.6 is 0 Å². The van der Waals surface area contributed by atoms with Crippen LogP contribution < -0.4 is 0 Å².